The van der Waals surface area contributed by atoms with Crippen LogP contribution in [0.4, 0.5) is 8.78 Å². The summed E-state index contributed by atoms with van der Waals surface area (Å²) >= 11 is 0. The molecule has 1 aromatic rings. The summed E-state index contributed by atoms with van der Waals surface area (Å²) in [4.78, 5) is 12.7. The minimum absolute atomic E-state index is 0.0865. The average Bonchev–Trinajstić information content (AvgIpc) is 2.69. The summed E-state index contributed by atoms with van der Waals surface area (Å²) in [6.45, 7) is -0.291. The molecule has 1 atom stereocenters. The molecule has 1 aromatic carbocycles. The second-order valence-corrected chi connectivity index (χ2v) is 7.10. The van der Waals surface area contributed by atoms with Crippen LogP contribution in [0.3, 0.4) is 0 Å². The predicted octanol–water partition coefficient (Wildman–Crippen LogP) is 2.77. The third-order valence-electron chi connectivity index (χ3n) is 5.17. The maximum absolute atomic E-state index is 12.7. The van der Waals surface area contributed by atoms with E-state index in [2.05, 4.69) is 10.8 Å². The van der Waals surface area contributed by atoms with Crippen LogP contribution in [0.1, 0.15) is 38.2 Å². The fourth-order valence-electron chi connectivity index (χ4n) is 3.37. The first kappa shape index (κ1) is 22.8. The minimum Gasteiger partial charge on any atom is -0.490 e. The van der Waals surface area contributed by atoms with E-state index in [4.69, 9.17) is 9.84 Å². The first-order chi connectivity index (χ1) is 13.8. The molecule has 0 aromatic heterocycles. The van der Waals surface area contributed by atoms with Gasteiger partial charge in [-0.3, -0.25) is 9.69 Å². The molecule has 2 N–H and O–H groups in total. The van der Waals surface area contributed by atoms with Crippen LogP contribution in [-0.4, -0.2) is 60.0 Å². The summed E-state index contributed by atoms with van der Waals surface area (Å²) in [5, 5.41) is 28.4. The second kappa shape index (κ2) is 10.4. The number of halogens is 2. The largest absolute Gasteiger partial charge is 0.490 e. The second-order valence-electron chi connectivity index (χ2n) is 7.10. The van der Waals surface area contributed by atoms with E-state index >= 15 is 0 Å². The highest BCUT2D eigenvalue weighted by atomic mass is 19.3. The van der Waals surface area contributed by atoms with Gasteiger partial charge in [0.1, 0.15) is 0 Å². The summed E-state index contributed by atoms with van der Waals surface area (Å²) in [6, 6.07) is 6.78. The first-order valence-electron chi connectivity index (χ1n) is 9.55. The molecule has 1 fully saturated rings. The fourth-order valence-corrected chi connectivity index (χ4v) is 3.37. The number of piperidine rings is 1. The number of hydrogen-bond acceptors (Lipinski definition) is 6. The van der Waals surface area contributed by atoms with E-state index in [0.717, 1.165) is 0 Å². The predicted molar refractivity (Wildman–Crippen MR) is 100 cm³/mol. The zero-order valence-corrected chi connectivity index (χ0v) is 16.3. The molecule has 1 aliphatic heterocycles. The number of aliphatic hydroxyl groups excluding tert-OH is 1. The molecule has 0 spiro atoms. The van der Waals surface area contributed by atoms with Crippen molar-refractivity contribution in [1.82, 2.24) is 4.90 Å². The molecular formula is C20H26F2N2O5. The number of ether oxygens (including phenoxy) is 2. The molecule has 9 heteroatoms. The van der Waals surface area contributed by atoms with Crippen LogP contribution in [-0.2, 0) is 10.2 Å². The zero-order chi connectivity index (χ0) is 21.4. The number of alkyl halides is 2. The van der Waals surface area contributed by atoms with Crippen LogP contribution in [0, 0.1) is 11.3 Å². The number of carboxylic acids is 1. The van der Waals surface area contributed by atoms with Gasteiger partial charge in [0.2, 0.25) is 0 Å². The van der Waals surface area contributed by atoms with Crippen LogP contribution in [0.5, 0.6) is 11.5 Å². The first-order valence-corrected chi connectivity index (χ1v) is 9.55. The quantitative estimate of drug-likeness (QED) is 0.609. The Morgan fingerprint density at radius 1 is 1.34 bits per heavy atom. The van der Waals surface area contributed by atoms with Crippen molar-refractivity contribution in [2.45, 2.75) is 50.7 Å². The Labute approximate surface area is 168 Å². The number of aliphatic carboxylic acids is 1. The molecule has 0 amide bonds. The number of rotatable bonds is 10. The Hall–Kier alpha value is -2.44. The minimum atomic E-state index is -3.02. The van der Waals surface area contributed by atoms with Gasteiger partial charge in [0.05, 0.1) is 30.7 Å². The Morgan fingerprint density at radius 2 is 2.03 bits per heavy atom. The average molecular weight is 412 g/mol. The monoisotopic (exact) mass is 412 g/mol. The molecule has 1 heterocycles. The SMILES string of the molecule is CCC(O)CCOc1cc(C2(C#N)CCN(CC(=O)O)CC2)ccc1OC(F)F. The van der Waals surface area contributed by atoms with Crippen molar-refractivity contribution in [3.63, 3.8) is 0 Å². The van der Waals surface area contributed by atoms with Gasteiger partial charge < -0.3 is 19.7 Å². The zero-order valence-electron chi connectivity index (χ0n) is 16.3. The van der Waals surface area contributed by atoms with E-state index < -0.39 is 24.1 Å². The summed E-state index contributed by atoms with van der Waals surface area (Å²) in [7, 11) is 0. The number of carbonyl (C=O) groups is 1. The standard InChI is InChI=1S/C20H26F2N2O5/c1-2-15(25)5-10-28-17-11-14(3-4-16(17)29-19(21)22)20(13-23)6-8-24(9-7-20)12-18(26)27/h3-4,11,15,19,25H,2,5-10,12H2,1H3,(H,26,27). The van der Waals surface area contributed by atoms with Gasteiger partial charge in [-0.25, -0.2) is 0 Å². The van der Waals surface area contributed by atoms with Crippen molar-refractivity contribution < 1.29 is 33.3 Å². The molecule has 0 radical (unpaired) electrons. The summed E-state index contributed by atoms with van der Waals surface area (Å²) in [5.74, 6) is -0.965. The number of benzene rings is 1. The Balaban J connectivity index is 2.21. The van der Waals surface area contributed by atoms with Crippen molar-refractivity contribution in [2.24, 2.45) is 0 Å². The maximum Gasteiger partial charge on any atom is 0.387 e. The Morgan fingerprint density at radius 3 is 2.59 bits per heavy atom. The smallest absolute Gasteiger partial charge is 0.387 e. The number of carboxylic acid groups (broad SMARTS) is 1. The highest BCUT2D eigenvalue weighted by Gasteiger charge is 2.37. The highest BCUT2D eigenvalue weighted by Crippen LogP contribution is 2.39. The third-order valence-corrected chi connectivity index (χ3v) is 5.17. The molecule has 160 valence electrons. The number of nitrogens with zero attached hydrogens (tertiary/aromatic N) is 2. The van der Waals surface area contributed by atoms with Gasteiger partial charge in [-0.2, -0.15) is 14.0 Å². The van der Waals surface area contributed by atoms with Gasteiger partial charge in [0, 0.05) is 19.5 Å². The van der Waals surface area contributed by atoms with E-state index in [1.807, 2.05) is 6.92 Å². The topological polar surface area (TPSA) is 103 Å². The number of nitriles is 1. The molecule has 29 heavy (non-hydrogen) atoms. The lowest BCUT2D eigenvalue weighted by Crippen LogP contribution is -2.43. The van der Waals surface area contributed by atoms with Crippen molar-refractivity contribution >= 4 is 5.97 Å². The molecular weight excluding hydrogens is 386 g/mol. The third kappa shape index (κ3) is 6.27. The number of aliphatic hydroxyl groups is 1. The van der Waals surface area contributed by atoms with Crippen LogP contribution in [0.15, 0.2) is 18.2 Å². The maximum atomic E-state index is 12.7. The van der Waals surface area contributed by atoms with Crippen LogP contribution < -0.4 is 9.47 Å². The normalized spacial score (nSPS) is 17.5. The van der Waals surface area contributed by atoms with E-state index in [1.165, 1.54) is 12.1 Å². The summed E-state index contributed by atoms with van der Waals surface area (Å²) < 4.78 is 35.6. The van der Waals surface area contributed by atoms with Crippen molar-refractivity contribution in [3.05, 3.63) is 23.8 Å². The lowest BCUT2D eigenvalue weighted by atomic mass is 9.74. The fraction of sp³-hybridized carbons (Fsp3) is 0.600. The lowest BCUT2D eigenvalue weighted by molar-refractivity contribution is -0.138. The molecule has 1 saturated heterocycles. The highest BCUT2D eigenvalue weighted by molar-refractivity contribution is 5.69. The van der Waals surface area contributed by atoms with Gasteiger partial charge >= 0.3 is 12.6 Å². The summed E-state index contributed by atoms with van der Waals surface area (Å²) in [6.07, 6.45) is 1.16. The Kier molecular flexibility index (Phi) is 8.17. The van der Waals surface area contributed by atoms with E-state index in [0.29, 0.717) is 44.3 Å². The molecule has 0 aliphatic carbocycles. The van der Waals surface area contributed by atoms with Gasteiger partial charge in [-0.15, -0.1) is 0 Å². The summed E-state index contributed by atoms with van der Waals surface area (Å²) in [5.41, 5.74) is -0.248. The Bertz CT molecular complexity index is 730. The van der Waals surface area contributed by atoms with Gasteiger partial charge in [0.25, 0.3) is 0 Å². The van der Waals surface area contributed by atoms with Crippen molar-refractivity contribution in [2.75, 3.05) is 26.2 Å². The van der Waals surface area contributed by atoms with Crippen molar-refractivity contribution in [1.29, 1.82) is 5.26 Å². The van der Waals surface area contributed by atoms with Gasteiger partial charge in [-0.1, -0.05) is 13.0 Å². The molecule has 0 saturated carbocycles. The van der Waals surface area contributed by atoms with Crippen molar-refractivity contribution in [3.8, 4) is 17.6 Å². The van der Waals surface area contributed by atoms with Gasteiger partial charge in [-0.05, 0) is 37.0 Å². The molecule has 1 aliphatic rings. The molecule has 2 rings (SSSR count). The number of hydrogen-bond donors (Lipinski definition) is 2. The van der Waals surface area contributed by atoms with E-state index in [9.17, 15) is 23.9 Å². The van der Waals surface area contributed by atoms with E-state index in [1.54, 1.807) is 11.0 Å². The van der Waals surface area contributed by atoms with Gasteiger partial charge in [0.15, 0.2) is 11.5 Å². The van der Waals surface area contributed by atoms with E-state index in [-0.39, 0.29) is 24.7 Å². The van der Waals surface area contributed by atoms with Crippen LogP contribution >= 0.6 is 0 Å². The van der Waals surface area contributed by atoms with Crippen LogP contribution in [0.25, 0.3) is 0 Å². The number of likely N-dealkylation sites (tertiary alicyclic amines) is 1. The van der Waals surface area contributed by atoms with Crippen LogP contribution in [0.2, 0.25) is 0 Å². The lowest BCUT2D eigenvalue weighted by Gasteiger charge is -2.37. The molecule has 0 bridgehead atoms. The molecule has 7 nitrogen and oxygen atoms in total. The molecule has 1 unspecified atom stereocenters.